The third kappa shape index (κ3) is 2.61. The van der Waals surface area contributed by atoms with E-state index >= 15 is 0 Å². The molecule has 0 bridgehead atoms. The Morgan fingerprint density at radius 2 is 2.29 bits per heavy atom. The van der Waals surface area contributed by atoms with Crippen LogP contribution in [0, 0.1) is 0 Å². The minimum absolute atomic E-state index is 0.252. The maximum Gasteiger partial charge on any atom is 0.229 e. The van der Waals surface area contributed by atoms with E-state index in [1.54, 1.807) is 0 Å². The molecule has 1 saturated carbocycles. The van der Waals surface area contributed by atoms with Crippen molar-refractivity contribution in [3.05, 3.63) is 35.7 Å². The molecule has 2 aliphatic rings. The lowest BCUT2D eigenvalue weighted by Crippen LogP contribution is -2.40. The molecule has 6 nitrogen and oxygen atoms in total. The number of hydrogen-bond donors (Lipinski definition) is 0. The van der Waals surface area contributed by atoms with Gasteiger partial charge in [-0.15, -0.1) is 0 Å². The van der Waals surface area contributed by atoms with Crippen molar-refractivity contribution in [3.8, 4) is 0 Å². The summed E-state index contributed by atoms with van der Waals surface area (Å²) in [6.45, 7) is 3.08. The molecule has 0 aromatic carbocycles. The Labute approximate surface area is 123 Å². The first-order valence-electron chi connectivity index (χ1n) is 7.57. The number of ether oxygens (including phenoxy) is 1. The topological polar surface area (TPSA) is 56.3 Å². The van der Waals surface area contributed by atoms with Crippen LogP contribution in [-0.2, 0) is 18.3 Å². The van der Waals surface area contributed by atoms with Crippen LogP contribution in [0.3, 0.4) is 0 Å². The molecule has 2 fully saturated rings. The maximum atomic E-state index is 5.66. The van der Waals surface area contributed by atoms with E-state index in [2.05, 4.69) is 45.0 Å². The van der Waals surface area contributed by atoms with Gasteiger partial charge in [0.1, 0.15) is 0 Å². The second-order valence-electron chi connectivity index (χ2n) is 5.93. The molecule has 1 saturated heterocycles. The van der Waals surface area contributed by atoms with E-state index in [0.717, 1.165) is 31.4 Å². The average Bonchev–Trinajstić information content (AvgIpc) is 3.10. The zero-order valence-electron chi connectivity index (χ0n) is 12.2. The molecule has 21 heavy (non-hydrogen) atoms. The van der Waals surface area contributed by atoms with Crippen LogP contribution in [0.15, 0.2) is 22.9 Å². The molecule has 0 spiro atoms. The Balaban J connectivity index is 1.52. The van der Waals surface area contributed by atoms with Crippen LogP contribution in [0.2, 0.25) is 0 Å². The Kier molecular flexibility index (Phi) is 3.27. The Hall–Kier alpha value is -1.66. The number of morpholine rings is 1. The first-order valence-corrected chi connectivity index (χ1v) is 7.57. The van der Waals surface area contributed by atoms with Gasteiger partial charge in [0.25, 0.3) is 0 Å². The van der Waals surface area contributed by atoms with E-state index in [1.807, 2.05) is 0 Å². The molecule has 2 aromatic rings. The normalized spacial score (nSPS) is 23.6. The molecule has 4 rings (SSSR count). The lowest BCUT2D eigenvalue weighted by molar-refractivity contribution is -0.0165. The van der Waals surface area contributed by atoms with E-state index in [-0.39, 0.29) is 6.04 Å². The predicted molar refractivity (Wildman–Crippen MR) is 75.7 cm³/mol. The molecule has 3 heterocycles. The highest BCUT2D eigenvalue weighted by Gasteiger charge is 2.31. The molecule has 0 amide bonds. The second-order valence-corrected chi connectivity index (χ2v) is 5.93. The van der Waals surface area contributed by atoms with Gasteiger partial charge < -0.3 is 13.8 Å². The molecule has 0 N–H and O–H groups in total. The van der Waals surface area contributed by atoms with Gasteiger partial charge in [0.15, 0.2) is 5.82 Å². The van der Waals surface area contributed by atoms with Gasteiger partial charge in [-0.05, 0) is 25.0 Å². The van der Waals surface area contributed by atoms with Crippen molar-refractivity contribution < 1.29 is 9.26 Å². The minimum atomic E-state index is 0.252. The Bertz CT molecular complexity index is 617. The highest BCUT2D eigenvalue weighted by molar-refractivity contribution is 5.13. The molecular weight excluding hydrogens is 268 g/mol. The molecule has 1 aliphatic heterocycles. The number of aryl methyl sites for hydroxylation is 1. The Morgan fingerprint density at radius 3 is 3.05 bits per heavy atom. The van der Waals surface area contributed by atoms with E-state index in [0.29, 0.717) is 12.5 Å². The summed E-state index contributed by atoms with van der Waals surface area (Å²) in [5.41, 5.74) is 1.26. The van der Waals surface area contributed by atoms with E-state index in [1.165, 1.54) is 18.5 Å². The zero-order chi connectivity index (χ0) is 14.2. The van der Waals surface area contributed by atoms with Gasteiger partial charge in [0.05, 0.1) is 25.8 Å². The van der Waals surface area contributed by atoms with Crippen LogP contribution < -0.4 is 0 Å². The summed E-state index contributed by atoms with van der Waals surface area (Å²) in [5, 5.41) is 4.13. The van der Waals surface area contributed by atoms with Crippen LogP contribution in [0.5, 0.6) is 0 Å². The predicted octanol–water partition coefficient (Wildman–Crippen LogP) is 1.86. The number of rotatable bonds is 4. The number of aromatic nitrogens is 3. The van der Waals surface area contributed by atoms with Gasteiger partial charge >= 0.3 is 0 Å². The van der Waals surface area contributed by atoms with E-state index < -0.39 is 0 Å². The maximum absolute atomic E-state index is 5.66. The third-order valence-electron chi connectivity index (χ3n) is 4.32. The summed E-state index contributed by atoms with van der Waals surface area (Å²) in [7, 11) is 2.07. The van der Waals surface area contributed by atoms with Crippen molar-refractivity contribution in [3.63, 3.8) is 0 Å². The molecule has 2 aromatic heterocycles. The van der Waals surface area contributed by atoms with Crippen molar-refractivity contribution in [1.29, 1.82) is 0 Å². The fourth-order valence-electron chi connectivity index (χ4n) is 2.93. The van der Waals surface area contributed by atoms with E-state index in [4.69, 9.17) is 9.26 Å². The van der Waals surface area contributed by atoms with Crippen LogP contribution in [0.25, 0.3) is 0 Å². The van der Waals surface area contributed by atoms with Gasteiger partial charge in [-0.1, -0.05) is 5.16 Å². The van der Waals surface area contributed by atoms with Gasteiger partial charge in [-0.3, -0.25) is 4.90 Å². The van der Waals surface area contributed by atoms with Crippen molar-refractivity contribution >= 4 is 0 Å². The molecule has 1 atom stereocenters. The van der Waals surface area contributed by atoms with Gasteiger partial charge in [-0.2, -0.15) is 4.98 Å². The molecule has 6 heteroatoms. The zero-order valence-corrected chi connectivity index (χ0v) is 12.2. The van der Waals surface area contributed by atoms with Gasteiger partial charge in [-0.25, -0.2) is 0 Å². The first-order chi connectivity index (χ1) is 10.3. The number of hydrogen-bond acceptors (Lipinski definition) is 5. The van der Waals surface area contributed by atoms with Crippen LogP contribution >= 0.6 is 0 Å². The number of nitrogens with zero attached hydrogens (tertiary/aromatic N) is 4. The van der Waals surface area contributed by atoms with Crippen LogP contribution in [0.4, 0.5) is 0 Å². The van der Waals surface area contributed by atoms with Crippen molar-refractivity contribution in [2.24, 2.45) is 7.05 Å². The van der Waals surface area contributed by atoms with Gasteiger partial charge in [0, 0.05) is 31.4 Å². The molecule has 1 aliphatic carbocycles. The average molecular weight is 288 g/mol. The largest absolute Gasteiger partial charge is 0.378 e. The minimum Gasteiger partial charge on any atom is -0.378 e. The summed E-state index contributed by atoms with van der Waals surface area (Å²) in [6, 6.07) is 4.47. The van der Waals surface area contributed by atoms with Crippen LogP contribution in [0.1, 0.15) is 42.2 Å². The smallest absolute Gasteiger partial charge is 0.229 e. The SMILES string of the molecule is Cn1cccc1[C@H]1COCCN1Cc1noc(C2CC2)n1. The molecular formula is C15H20N4O2. The van der Waals surface area contributed by atoms with Crippen LogP contribution in [-0.4, -0.2) is 39.4 Å². The quantitative estimate of drug-likeness (QED) is 0.859. The molecule has 0 radical (unpaired) electrons. The lowest BCUT2D eigenvalue weighted by Gasteiger charge is -2.35. The summed E-state index contributed by atoms with van der Waals surface area (Å²) in [4.78, 5) is 6.91. The summed E-state index contributed by atoms with van der Waals surface area (Å²) >= 11 is 0. The van der Waals surface area contributed by atoms with Gasteiger partial charge in [0.2, 0.25) is 5.89 Å². The van der Waals surface area contributed by atoms with Crippen molar-refractivity contribution in [2.75, 3.05) is 19.8 Å². The highest BCUT2D eigenvalue weighted by atomic mass is 16.5. The highest BCUT2D eigenvalue weighted by Crippen LogP contribution is 2.39. The summed E-state index contributed by atoms with van der Waals surface area (Å²) < 4.78 is 13.2. The fraction of sp³-hybridized carbons (Fsp3) is 0.600. The third-order valence-corrected chi connectivity index (χ3v) is 4.32. The summed E-state index contributed by atoms with van der Waals surface area (Å²) in [6.07, 6.45) is 4.44. The standard InChI is InChI=1S/C15H20N4O2/c1-18-6-2-3-12(18)13-10-20-8-7-19(13)9-14-16-15(21-17-14)11-4-5-11/h2-3,6,11,13H,4-5,7-10H2,1H3/t13-/m1/s1. The monoisotopic (exact) mass is 288 g/mol. The molecule has 0 unspecified atom stereocenters. The van der Waals surface area contributed by atoms with Crippen molar-refractivity contribution in [1.82, 2.24) is 19.6 Å². The lowest BCUT2D eigenvalue weighted by atomic mass is 10.1. The Morgan fingerprint density at radius 1 is 1.38 bits per heavy atom. The van der Waals surface area contributed by atoms with E-state index in [9.17, 15) is 0 Å². The molecule has 112 valence electrons. The summed E-state index contributed by atoms with van der Waals surface area (Å²) in [5.74, 6) is 2.12. The first kappa shape index (κ1) is 13.0. The fourth-order valence-corrected chi connectivity index (χ4v) is 2.93. The second kappa shape index (κ2) is 5.27. The van der Waals surface area contributed by atoms with Crippen molar-refractivity contribution in [2.45, 2.75) is 31.3 Å².